The Balaban J connectivity index is 1.95. The Morgan fingerprint density at radius 1 is 1.69 bits per heavy atom. The molecule has 0 spiro atoms. The van der Waals surface area contributed by atoms with Gasteiger partial charge in [-0.1, -0.05) is 6.07 Å². The Labute approximate surface area is 98.4 Å². The Bertz CT molecular complexity index is 339. The first kappa shape index (κ1) is 11.7. The minimum absolute atomic E-state index is 0.0394. The summed E-state index contributed by atoms with van der Waals surface area (Å²) >= 11 is 1.46. The van der Waals surface area contributed by atoms with E-state index in [0.717, 1.165) is 4.88 Å². The number of carbonyl (C=O) groups is 1. The highest BCUT2D eigenvalue weighted by Gasteiger charge is 2.24. The van der Waals surface area contributed by atoms with Gasteiger partial charge in [0.2, 0.25) is 0 Å². The van der Waals surface area contributed by atoms with Gasteiger partial charge in [-0.15, -0.1) is 11.3 Å². The highest BCUT2D eigenvalue weighted by molar-refractivity contribution is 7.12. The first-order valence-electron chi connectivity index (χ1n) is 5.30. The fourth-order valence-electron chi connectivity index (χ4n) is 1.77. The van der Waals surface area contributed by atoms with E-state index >= 15 is 0 Å². The Morgan fingerprint density at radius 2 is 2.56 bits per heavy atom. The summed E-state index contributed by atoms with van der Waals surface area (Å²) in [4.78, 5) is 14.7. The number of ketones is 1. The van der Waals surface area contributed by atoms with Crippen molar-refractivity contribution in [1.29, 1.82) is 0 Å². The van der Waals surface area contributed by atoms with Crippen molar-refractivity contribution < 1.29 is 14.6 Å². The molecular weight excluding hydrogens is 226 g/mol. The largest absolute Gasteiger partial charge is 0.395 e. The third-order valence-electron chi connectivity index (χ3n) is 2.70. The molecule has 2 rings (SSSR count). The Kier molecular flexibility index (Phi) is 4.06. The molecule has 1 aromatic rings. The first-order chi connectivity index (χ1) is 7.81. The second-order valence-electron chi connectivity index (χ2n) is 3.78. The van der Waals surface area contributed by atoms with Crippen molar-refractivity contribution in [3.63, 3.8) is 0 Å². The first-order valence-corrected chi connectivity index (χ1v) is 6.18. The second-order valence-corrected chi connectivity index (χ2v) is 4.73. The van der Waals surface area contributed by atoms with E-state index in [1.165, 1.54) is 11.3 Å². The summed E-state index contributed by atoms with van der Waals surface area (Å²) < 4.78 is 5.27. The van der Waals surface area contributed by atoms with Crippen LogP contribution in [0.3, 0.4) is 0 Å². The standard InChI is InChI=1S/C11H15NO3S/c13-7-9-8-15-4-3-12(9)6-10(14)11-2-1-5-16-11/h1-2,5,9,13H,3-4,6-8H2. The maximum absolute atomic E-state index is 11.9. The van der Waals surface area contributed by atoms with Crippen LogP contribution >= 0.6 is 11.3 Å². The van der Waals surface area contributed by atoms with E-state index in [2.05, 4.69) is 0 Å². The van der Waals surface area contributed by atoms with E-state index in [0.29, 0.717) is 26.3 Å². The van der Waals surface area contributed by atoms with Crippen LogP contribution in [0.1, 0.15) is 9.67 Å². The van der Waals surface area contributed by atoms with Crippen LogP contribution in [0.15, 0.2) is 17.5 Å². The van der Waals surface area contributed by atoms with Gasteiger partial charge in [0.1, 0.15) is 0 Å². The zero-order valence-electron chi connectivity index (χ0n) is 8.96. The fourth-order valence-corrected chi connectivity index (χ4v) is 2.42. The lowest BCUT2D eigenvalue weighted by molar-refractivity contribution is -0.0240. The molecule has 4 nitrogen and oxygen atoms in total. The number of ether oxygens (including phenoxy) is 1. The van der Waals surface area contributed by atoms with E-state index in [1.54, 1.807) is 0 Å². The molecule has 0 saturated carbocycles. The van der Waals surface area contributed by atoms with Crippen LogP contribution in [0.4, 0.5) is 0 Å². The molecule has 0 bridgehead atoms. The molecule has 2 heterocycles. The molecule has 1 aliphatic rings. The highest BCUT2D eigenvalue weighted by atomic mass is 32.1. The monoisotopic (exact) mass is 241 g/mol. The minimum atomic E-state index is -0.0438. The van der Waals surface area contributed by atoms with Crippen molar-refractivity contribution in [2.24, 2.45) is 0 Å². The number of aliphatic hydroxyl groups excluding tert-OH is 1. The van der Waals surface area contributed by atoms with Gasteiger partial charge < -0.3 is 9.84 Å². The van der Waals surface area contributed by atoms with Crippen LogP contribution in [0.2, 0.25) is 0 Å². The Hall–Kier alpha value is -0.750. The number of hydrogen-bond donors (Lipinski definition) is 1. The SMILES string of the molecule is O=C(CN1CCOCC1CO)c1cccs1. The van der Waals surface area contributed by atoms with E-state index in [-0.39, 0.29) is 18.4 Å². The van der Waals surface area contributed by atoms with Gasteiger partial charge in [-0.2, -0.15) is 0 Å². The molecule has 0 aromatic carbocycles. The predicted octanol–water partition coefficient (Wildman–Crippen LogP) is 0.624. The zero-order valence-corrected chi connectivity index (χ0v) is 9.78. The number of nitrogens with zero attached hydrogens (tertiary/aromatic N) is 1. The lowest BCUT2D eigenvalue weighted by Crippen LogP contribution is -2.49. The highest BCUT2D eigenvalue weighted by Crippen LogP contribution is 2.12. The van der Waals surface area contributed by atoms with Gasteiger partial charge in [-0.25, -0.2) is 0 Å². The van der Waals surface area contributed by atoms with Crippen molar-refractivity contribution in [2.75, 3.05) is 32.9 Å². The van der Waals surface area contributed by atoms with Gasteiger partial charge in [0, 0.05) is 6.54 Å². The Morgan fingerprint density at radius 3 is 3.25 bits per heavy atom. The summed E-state index contributed by atoms with van der Waals surface area (Å²) in [6, 6.07) is 3.67. The second kappa shape index (κ2) is 5.54. The van der Waals surface area contributed by atoms with Gasteiger partial charge >= 0.3 is 0 Å². The van der Waals surface area contributed by atoms with E-state index in [9.17, 15) is 9.90 Å². The number of thiophene rings is 1. The van der Waals surface area contributed by atoms with Crippen LogP contribution in [0, 0.1) is 0 Å². The quantitative estimate of drug-likeness (QED) is 0.785. The maximum Gasteiger partial charge on any atom is 0.186 e. The summed E-state index contributed by atoms with van der Waals surface area (Å²) in [5.41, 5.74) is 0. The van der Waals surface area contributed by atoms with Gasteiger partial charge in [0.25, 0.3) is 0 Å². The molecule has 1 fully saturated rings. The van der Waals surface area contributed by atoms with E-state index < -0.39 is 0 Å². The van der Waals surface area contributed by atoms with Gasteiger partial charge in [-0.05, 0) is 11.4 Å². The molecule has 0 amide bonds. The van der Waals surface area contributed by atoms with Crippen molar-refractivity contribution >= 4 is 17.1 Å². The minimum Gasteiger partial charge on any atom is -0.395 e. The maximum atomic E-state index is 11.9. The van der Waals surface area contributed by atoms with E-state index in [1.807, 2.05) is 22.4 Å². The molecule has 0 aliphatic carbocycles. The molecule has 1 unspecified atom stereocenters. The van der Waals surface area contributed by atoms with Gasteiger partial charge in [0.15, 0.2) is 5.78 Å². The topological polar surface area (TPSA) is 49.8 Å². The lowest BCUT2D eigenvalue weighted by Gasteiger charge is -2.33. The summed E-state index contributed by atoms with van der Waals surface area (Å²) in [6.45, 7) is 2.26. The van der Waals surface area contributed by atoms with Crippen molar-refractivity contribution in [2.45, 2.75) is 6.04 Å². The third-order valence-corrected chi connectivity index (χ3v) is 3.61. The number of hydrogen-bond acceptors (Lipinski definition) is 5. The third kappa shape index (κ3) is 2.68. The molecular formula is C11H15NO3S. The number of rotatable bonds is 4. The molecule has 0 radical (unpaired) electrons. The average molecular weight is 241 g/mol. The lowest BCUT2D eigenvalue weighted by atomic mass is 10.2. The number of aliphatic hydroxyl groups is 1. The van der Waals surface area contributed by atoms with Gasteiger partial charge in [0.05, 0.1) is 37.3 Å². The van der Waals surface area contributed by atoms with Gasteiger partial charge in [-0.3, -0.25) is 9.69 Å². The van der Waals surface area contributed by atoms with Crippen LogP contribution in [-0.4, -0.2) is 54.7 Å². The van der Waals surface area contributed by atoms with E-state index in [4.69, 9.17) is 4.74 Å². The number of morpholine rings is 1. The van der Waals surface area contributed by atoms with Crippen LogP contribution in [-0.2, 0) is 4.74 Å². The smallest absolute Gasteiger partial charge is 0.186 e. The molecule has 88 valence electrons. The summed E-state index contributed by atoms with van der Waals surface area (Å²) in [5, 5.41) is 11.1. The molecule has 1 aromatic heterocycles. The summed E-state index contributed by atoms with van der Waals surface area (Å²) in [5.74, 6) is 0.121. The van der Waals surface area contributed by atoms with Crippen LogP contribution in [0.25, 0.3) is 0 Å². The van der Waals surface area contributed by atoms with Crippen LogP contribution < -0.4 is 0 Å². The average Bonchev–Trinajstić information content (AvgIpc) is 2.83. The van der Waals surface area contributed by atoms with Crippen molar-refractivity contribution in [1.82, 2.24) is 4.90 Å². The molecule has 5 heteroatoms. The molecule has 1 atom stereocenters. The number of Topliss-reactive ketones (excluding diaryl/α,β-unsaturated/α-hetero) is 1. The molecule has 16 heavy (non-hydrogen) atoms. The summed E-state index contributed by atoms with van der Waals surface area (Å²) in [6.07, 6.45) is 0. The fraction of sp³-hybridized carbons (Fsp3) is 0.545. The summed E-state index contributed by atoms with van der Waals surface area (Å²) in [7, 11) is 0. The molecule has 1 N–H and O–H groups in total. The molecule has 1 saturated heterocycles. The van der Waals surface area contributed by atoms with Crippen LogP contribution in [0.5, 0.6) is 0 Å². The number of carbonyl (C=O) groups excluding carboxylic acids is 1. The molecule has 1 aliphatic heterocycles. The van der Waals surface area contributed by atoms with Crippen molar-refractivity contribution in [3.8, 4) is 0 Å². The zero-order chi connectivity index (χ0) is 11.4. The van der Waals surface area contributed by atoms with Crippen molar-refractivity contribution in [3.05, 3.63) is 22.4 Å². The normalized spacial score (nSPS) is 22.2. The predicted molar refractivity (Wildman–Crippen MR) is 61.9 cm³/mol.